The van der Waals surface area contributed by atoms with Crippen LogP contribution in [0.4, 0.5) is 0 Å². The molecule has 22 heavy (non-hydrogen) atoms. The summed E-state index contributed by atoms with van der Waals surface area (Å²) in [6.07, 6.45) is 1.75. The van der Waals surface area contributed by atoms with Crippen LogP contribution >= 0.6 is 15.9 Å². The first-order valence-corrected chi connectivity index (χ1v) is 9.27. The van der Waals surface area contributed by atoms with Crippen molar-refractivity contribution < 1.29 is 17.9 Å². The predicted molar refractivity (Wildman–Crippen MR) is 86.3 cm³/mol. The highest BCUT2D eigenvalue weighted by Gasteiger charge is 2.28. The smallest absolute Gasteiger partial charge is 0.252 e. The van der Waals surface area contributed by atoms with Gasteiger partial charge in [0.05, 0.1) is 17.1 Å². The lowest BCUT2D eigenvalue weighted by molar-refractivity contribution is 0.0936. The van der Waals surface area contributed by atoms with Gasteiger partial charge >= 0.3 is 0 Å². The zero-order chi connectivity index (χ0) is 16.2. The van der Waals surface area contributed by atoms with Gasteiger partial charge in [-0.3, -0.25) is 4.79 Å². The van der Waals surface area contributed by atoms with Gasteiger partial charge in [0.2, 0.25) is 10.0 Å². The molecule has 6 nitrogen and oxygen atoms in total. The van der Waals surface area contributed by atoms with Crippen LogP contribution in [-0.2, 0) is 14.8 Å². The van der Waals surface area contributed by atoms with E-state index in [2.05, 4.69) is 21.2 Å². The molecule has 122 valence electrons. The Balaban J connectivity index is 2.24. The summed E-state index contributed by atoms with van der Waals surface area (Å²) >= 11 is 3.29. The van der Waals surface area contributed by atoms with Crippen LogP contribution in [0.15, 0.2) is 27.6 Å². The maximum atomic E-state index is 12.5. The van der Waals surface area contributed by atoms with Crippen molar-refractivity contribution in [1.82, 2.24) is 9.62 Å². The van der Waals surface area contributed by atoms with E-state index in [1.165, 1.54) is 16.4 Å². The number of carbonyl (C=O) groups excluding carboxylic acids is 1. The van der Waals surface area contributed by atoms with Gasteiger partial charge in [0.1, 0.15) is 0 Å². The molecule has 1 aromatic carbocycles. The summed E-state index contributed by atoms with van der Waals surface area (Å²) in [6.45, 7) is 1.83. The first kappa shape index (κ1) is 17.4. The van der Waals surface area contributed by atoms with Crippen LogP contribution in [0.3, 0.4) is 0 Å². The Bertz CT molecular complexity index is 642. The van der Waals surface area contributed by atoms with Crippen molar-refractivity contribution in [3.8, 4) is 0 Å². The number of amides is 1. The predicted octanol–water partition coefficient (Wildman–Crippen LogP) is 1.61. The molecule has 0 aromatic heterocycles. The number of benzene rings is 1. The van der Waals surface area contributed by atoms with Gasteiger partial charge in [-0.25, -0.2) is 8.42 Å². The van der Waals surface area contributed by atoms with Crippen LogP contribution in [0.5, 0.6) is 0 Å². The van der Waals surface area contributed by atoms with Gasteiger partial charge in [-0.2, -0.15) is 4.31 Å². The van der Waals surface area contributed by atoms with Crippen molar-refractivity contribution in [3.05, 3.63) is 28.2 Å². The van der Waals surface area contributed by atoms with E-state index in [9.17, 15) is 13.2 Å². The molecule has 1 heterocycles. The molecule has 0 unspecified atom stereocenters. The van der Waals surface area contributed by atoms with E-state index in [1.54, 1.807) is 13.2 Å². The second kappa shape index (κ2) is 7.54. The van der Waals surface area contributed by atoms with Crippen LogP contribution in [0.2, 0.25) is 0 Å². The van der Waals surface area contributed by atoms with E-state index in [-0.39, 0.29) is 10.8 Å². The number of methoxy groups -OCH3 is 1. The normalized spacial score (nSPS) is 15.9. The molecule has 1 saturated heterocycles. The topological polar surface area (TPSA) is 75.7 Å². The van der Waals surface area contributed by atoms with Gasteiger partial charge in [-0.15, -0.1) is 0 Å². The molecule has 1 fully saturated rings. The molecule has 1 amide bonds. The summed E-state index contributed by atoms with van der Waals surface area (Å²) < 4.78 is 32.0. The minimum atomic E-state index is -3.53. The molecule has 0 saturated carbocycles. The Morgan fingerprint density at radius 1 is 1.36 bits per heavy atom. The van der Waals surface area contributed by atoms with Crippen molar-refractivity contribution in [3.63, 3.8) is 0 Å². The second-order valence-electron chi connectivity index (χ2n) is 5.00. The average Bonchev–Trinajstić information content (AvgIpc) is 3.02. The Morgan fingerprint density at radius 2 is 2.05 bits per heavy atom. The second-order valence-corrected chi connectivity index (χ2v) is 7.79. The summed E-state index contributed by atoms with van der Waals surface area (Å²) in [7, 11) is -1.98. The number of rotatable bonds is 6. The zero-order valence-electron chi connectivity index (χ0n) is 12.3. The third-order valence-electron chi connectivity index (χ3n) is 3.48. The number of carbonyl (C=O) groups is 1. The summed E-state index contributed by atoms with van der Waals surface area (Å²) in [5.41, 5.74) is 0.302. The fourth-order valence-electron chi connectivity index (χ4n) is 2.28. The van der Waals surface area contributed by atoms with Crippen molar-refractivity contribution in [2.24, 2.45) is 0 Å². The highest BCUT2D eigenvalue weighted by Crippen LogP contribution is 2.25. The highest BCUT2D eigenvalue weighted by molar-refractivity contribution is 9.10. The third kappa shape index (κ3) is 3.87. The SMILES string of the molecule is COCCNC(=O)c1cc(S(=O)(=O)N2CCCC2)ccc1Br. The number of nitrogens with zero attached hydrogens (tertiary/aromatic N) is 1. The first-order chi connectivity index (χ1) is 10.5. The molecular weight excluding hydrogens is 372 g/mol. The van der Waals surface area contributed by atoms with E-state index in [1.807, 2.05) is 0 Å². The molecular formula is C14H19BrN2O4S. The van der Waals surface area contributed by atoms with E-state index < -0.39 is 10.0 Å². The lowest BCUT2D eigenvalue weighted by atomic mass is 10.2. The summed E-state index contributed by atoms with van der Waals surface area (Å²) in [6, 6.07) is 4.53. The summed E-state index contributed by atoms with van der Waals surface area (Å²) in [5.74, 6) is -0.331. The summed E-state index contributed by atoms with van der Waals surface area (Å²) in [5, 5.41) is 2.69. The van der Waals surface area contributed by atoms with Crippen LogP contribution in [0, 0.1) is 0 Å². The Hall–Kier alpha value is -0.960. The molecule has 0 bridgehead atoms. The van der Waals surface area contributed by atoms with Gasteiger partial charge in [-0.1, -0.05) is 0 Å². The van der Waals surface area contributed by atoms with Crippen molar-refractivity contribution in [2.75, 3.05) is 33.4 Å². The van der Waals surface area contributed by atoms with Crippen molar-refractivity contribution in [2.45, 2.75) is 17.7 Å². The molecule has 1 aliphatic heterocycles. The van der Waals surface area contributed by atoms with Gasteiger partial charge in [-0.05, 0) is 47.0 Å². The van der Waals surface area contributed by atoms with E-state index in [4.69, 9.17) is 4.74 Å². The molecule has 1 aliphatic rings. The quantitative estimate of drug-likeness (QED) is 0.748. The highest BCUT2D eigenvalue weighted by atomic mass is 79.9. The minimum absolute atomic E-state index is 0.148. The monoisotopic (exact) mass is 390 g/mol. The molecule has 1 N–H and O–H groups in total. The standard InChI is InChI=1S/C14H19BrN2O4S/c1-21-9-6-16-14(18)12-10-11(4-5-13(12)15)22(19,20)17-7-2-3-8-17/h4-5,10H,2-3,6-9H2,1H3,(H,16,18). The lowest BCUT2D eigenvalue weighted by Crippen LogP contribution is -2.29. The molecule has 2 rings (SSSR count). The van der Waals surface area contributed by atoms with Crippen molar-refractivity contribution in [1.29, 1.82) is 0 Å². The van der Waals surface area contributed by atoms with Crippen LogP contribution in [-0.4, -0.2) is 52.0 Å². The number of nitrogens with one attached hydrogen (secondary N) is 1. The third-order valence-corrected chi connectivity index (χ3v) is 6.06. The molecule has 0 spiro atoms. The lowest BCUT2D eigenvalue weighted by Gasteiger charge is -2.16. The number of hydrogen-bond donors (Lipinski definition) is 1. The Labute approximate surface area is 139 Å². The minimum Gasteiger partial charge on any atom is -0.383 e. The van der Waals surface area contributed by atoms with Crippen LogP contribution < -0.4 is 5.32 Å². The van der Waals surface area contributed by atoms with E-state index in [0.29, 0.717) is 36.3 Å². The fraction of sp³-hybridized carbons (Fsp3) is 0.500. The maximum absolute atomic E-state index is 12.5. The largest absolute Gasteiger partial charge is 0.383 e. The van der Waals surface area contributed by atoms with Gasteiger partial charge in [0.25, 0.3) is 5.91 Å². The van der Waals surface area contributed by atoms with Crippen molar-refractivity contribution >= 4 is 31.9 Å². The molecule has 8 heteroatoms. The van der Waals surface area contributed by atoms with Gasteiger partial charge in [0, 0.05) is 31.2 Å². The molecule has 1 aromatic rings. The molecule has 0 radical (unpaired) electrons. The van der Waals surface area contributed by atoms with E-state index in [0.717, 1.165) is 12.8 Å². The first-order valence-electron chi connectivity index (χ1n) is 7.03. The maximum Gasteiger partial charge on any atom is 0.252 e. The zero-order valence-corrected chi connectivity index (χ0v) is 14.7. The van der Waals surface area contributed by atoms with Gasteiger partial charge < -0.3 is 10.1 Å². The number of ether oxygens (including phenoxy) is 1. The molecule has 0 aliphatic carbocycles. The molecule has 0 atom stereocenters. The summed E-state index contributed by atoms with van der Waals surface area (Å²) in [4.78, 5) is 12.3. The Morgan fingerprint density at radius 3 is 2.68 bits per heavy atom. The number of hydrogen-bond acceptors (Lipinski definition) is 4. The van der Waals surface area contributed by atoms with Crippen LogP contribution in [0.1, 0.15) is 23.2 Å². The number of halogens is 1. The average molecular weight is 391 g/mol. The Kier molecular flexibility index (Phi) is 5.96. The van der Waals surface area contributed by atoms with Crippen LogP contribution in [0.25, 0.3) is 0 Å². The van der Waals surface area contributed by atoms with E-state index >= 15 is 0 Å². The number of sulfonamides is 1. The fourth-order valence-corrected chi connectivity index (χ4v) is 4.25. The van der Waals surface area contributed by atoms with Gasteiger partial charge in [0.15, 0.2) is 0 Å².